The number of rotatable bonds is 12. The molecule has 0 aromatic heterocycles. The van der Waals surface area contributed by atoms with Crippen LogP contribution in [0.25, 0.3) is 0 Å². The quantitative estimate of drug-likeness (QED) is 0.455. The van der Waals surface area contributed by atoms with Gasteiger partial charge in [0.05, 0.1) is 12.6 Å². The summed E-state index contributed by atoms with van der Waals surface area (Å²) in [5.74, 6) is 0.705. The van der Waals surface area contributed by atoms with Gasteiger partial charge in [-0.05, 0) is 25.2 Å². The van der Waals surface area contributed by atoms with Crippen LogP contribution in [0, 0.1) is 5.92 Å². The molecule has 0 aliphatic carbocycles. The van der Waals surface area contributed by atoms with Crippen molar-refractivity contribution in [1.82, 2.24) is 0 Å². The molecule has 1 aliphatic rings. The summed E-state index contributed by atoms with van der Waals surface area (Å²) in [6, 6.07) is 0.444. The zero-order valence-electron chi connectivity index (χ0n) is 13.1. The Bertz CT molecular complexity index is 227. The third kappa shape index (κ3) is 8.41. The van der Waals surface area contributed by atoms with Gasteiger partial charge in [0.25, 0.3) is 0 Å². The van der Waals surface area contributed by atoms with Crippen LogP contribution in [0.4, 0.5) is 0 Å². The van der Waals surface area contributed by atoms with Crippen LogP contribution in [-0.2, 0) is 4.74 Å². The first kappa shape index (κ1) is 16.7. The Morgan fingerprint density at radius 2 is 1.68 bits per heavy atom. The summed E-state index contributed by atoms with van der Waals surface area (Å²) in [6.45, 7) is 6.27. The lowest BCUT2D eigenvalue weighted by Crippen LogP contribution is -2.12. The van der Waals surface area contributed by atoms with E-state index >= 15 is 0 Å². The topological polar surface area (TPSA) is 21.6 Å². The third-order valence-corrected chi connectivity index (χ3v) is 4.06. The minimum absolute atomic E-state index is 0.444. The molecule has 0 aromatic carbocycles. The highest BCUT2D eigenvalue weighted by Crippen LogP contribution is 2.18. The first-order valence-corrected chi connectivity index (χ1v) is 8.47. The fraction of sp³-hybridized carbons (Fsp3) is 0.941. The lowest BCUT2D eigenvalue weighted by Gasteiger charge is -2.09. The number of ether oxygens (including phenoxy) is 1. The molecule has 0 aromatic rings. The summed E-state index contributed by atoms with van der Waals surface area (Å²) in [5, 5.41) is 0. The standard InChI is InChI=1S/C17H33NO/c1-3-5-6-7-8-9-10-11-12-19-15-17-13-16(4-2)14-18-17/h14,16-17H,3-13,15H2,1-2H3. The fourth-order valence-electron chi connectivity index (χ4n) is 2.66. The van der Waals surface area contributed by atoms with E-state index in [9.17, 15) is 0 Å². The van der Waals surface area contributed by atoms with E-state index in [4.69, 9.17) is 4.74 Å². The van der Waals surface area contributed by atoms with Gasteiger partial charge in [-0.25, -0.2) is 0 Å². The van der Waals surface area contributed by atoms with Gasteiger partial charge in [0.1, 0.15) is 0 Å². The maximum atomic E-state index is 5.74. The predicted octanol–water partition coefficient (Wildman–Crippen LogP) is 5.01. The van der Waals surface area contributed by atoms with E-state index in [1.807, 2.05) is 0 Å². The lowest BCUT2D eigenvalue weighted by atomic mass is 10.0. The van der Waals surface area contributed by atoms with Crippen molar-refractivity contribution in [3.05, 3.63) is 0 Å². The molecule has 0 bridgehead atoms. The molecule has 19 heavy (non-hydrogen) atoms. The maximum Gasteiger partial charge on any atom is 0.0735 e. The zero-order chi connectivity index (χ0) is 13.8. The van der Waals surface area contributed by atoms with E-state index in [-0.39, 0.29) is 0 Å². The second kappa shape index (κ2) is 11.5. The molecule has 2 unspecified atom stereocenters. The van der Waals surface area contributed by atoms with E-state index < -0.39 is 0 Å². The summed E-state index contributed by atoms with van der Waals surface area (Å²) in [7, 11) is 0. The van der Waals surface area contributed by atoms with Crippen molar-refractivity contribution in [2.45, 2.75) is 84.1 Å². The van der Waals surface area contributed by atoms with Crippen LogP contribution in [0.2, 0.25) is 0 Å². The van der Waals surface area contributed by atoms with Crippen LogP contribution in [-0.4, -0.2) is 25.5 Å². The van der Waals surface area contributed by atoms with Crippen LogP contribution < -0.4 is 0 Å². The Morgan fingerprint density at radius 3 is 2.32 bits per heavy atom. The van der Waals surface area contributed by atoms with Crippen molar-refractivity contribution in [2.75, 3.05) is 13.2 Å². The van der Waals surface area contributed by atoms with Crippen molar-refractivity contribution >= 4 is 6.21 Å². The summed E-state index contributed by atoms with van der Waals surface area (Å²) in [5.41, 5.74) is 0. The van der Waals surface area contributed by atoms with Gasteiger partial charge in [-0.2, -0.15) is 0 Å². The van der Waals surface area contributed by atoms with Crippen LogP contribution in [0.3, 0.4) is 0 Å². The molecule has 0 fully saturated rings. The molecule has 1 aliphatic heterocycles. The van der Waals surface area contributed by atoms with Crippen molar-refractivity contribution in [1.29, 1.82) is 0 Å². The fourth-order valence-corrected chi connectivity index (χ4v) is 2.66. The van der Waals surface area contributed by atoms with Gasteiger partial charge in [0.15, 0.2) is 0 Å². The molecule has 0 radical (unpaired) electrons. The van der Waals surface area contributed by atoms with Gasteiger partial charge in [-0.1, -0.05) is 58.8 Å². The molecule has 2 atom stereocenters. The van der Waals surface area contributed by atoms with Crippen molar-refractivity contribution < 1.29 is 4.74 Å². The molecular formula is C17H33NO. The van der Waals surface area contributed by atoms with E-state index in [1.54, 1.807) is 0 Å². The highest BCUT2D eigenvalue weighted by molar-refractivity contribution is 5.63. The predicted molar refractivity (Wildman–Crippen MR) is 84.1 cm³/mol. The Kier molecular flexibility index (Phi) is 10.1. The summed E-state index contributed by atoms with van der Waals surface area (Å²) in [4.78, 5) is 4.51. The Labute approximate surface area is 120 Å². The average molecular weight is 267 g/mol. The molecule has 0 saturated heterocycles. The molecule has 0 spiro atoms. The van der Waals surface area contributed by atoms with Crippen LogP contribution in [0.1, 0.15) is 78.1 Å². The largest absolute Gasteiger partial charge is 0.379 e. The monoisotopic (exact) mass is 267 g/mol. The van der Waals surface area contributed by atoms with E-state index in [0.717, 1.165) is 13.2 Å². The minimum Gasteiger partial charge on any atom is -0.379 e. The van der Waals surface area contributed by atoms with Gasteiger partial charge in [0, 0.05) is 12.8 Å². The third-order valence-electron chi connectivity index (χ3n) is 4.06. The van der Waals surface area contributed by atoms with Gasteiger partial charge in [-0.3, -0.25) is 4.99 Å². The molecule has 112 valence electrons. The number of hydrogen-bond donors (Lipinski definition) is 0. The number of unbranched alkanes of at least 4 members (excludes halogenated alkanes) is 7. The van der Waals surface area contributed by atoms with E-state index in [1.165, 1.54) is 64.2 Å². The smallest absolute Gasteiger partial charge is 0.0735 e. The Hall–Kier alpha value is -0.370. The number of hydrogen-bond acceptors (Lipinski definition) is 2. The van der Waals surface area contributed by atoms with Crippen molar-refractivity contribution in [3.8, 4) is 0 Å². The SMILES string of the molecule is CCCCCCCCCCOCC1CC(CC)C=N1. The molecule has 0 saturated carbocycles. The average Bonchev–Trinajstić information content (AvgIpc) is 2.89. The van der Waals surface area contributed by atoms with Crippen LogP contribution in [0.15, 0.2) is 4.99 Å². The second-order valence-corrected chi connectivity index (χ2v) is 5.91. The number of nitrogens with zero attached hydrogens (tertiary/aromatic N) is 1. The van der Waals surface area contributed by atoms with Crippen LogP contribution in [0.5, 0.6) is 0 Å². The lowest BCUT2D eigenvalue weighted by molar-refractivity contribution is 0.116. The highest BCUT2D eigenvalue weighted by atomic mass is 16.5. The molecule has 0 N–H and O–H groups in total. The minimum atomic E-state index is 0.444. The zero-order valence-corrected chi connectivity index (χ0v) is 13.1. The molecule has 2 heteroatoms. The van der Waals surface area contributed by atoms with Gasteiger partial charge >= 0.3 is 0 Å². The van der Waals surface area contributed by atoms with Crippen molar-refractivity contribution in [2.24, 2.45) is 10.9 Å². The Balaban J connectivity index is 1.78. The molecule has 1 heterocycles. The van der Waals surface area contributed by atoms with Gasteiger partial charge < -0.3 is 4.74 Å². The Morgan fingerprint density at radius 1 is 1.00 bits per heavy atom. The first-order chi connectivity index (χ1) is 9.36. The maximum absolute atomic E-state index is 5.74. The van der Waals surface area contributed by atoms with Gasteiger partial charge in [-0.15, -0.1) is 0 Å². The molecular weight excluding hydrogens is 234 g/mol. The highest BCUT2D eigenvalue weighted by Gasteiger charge is 2.18. The normalized spacial score (nSPS) is 22.2. The van der Waals surface area contributed by atoms with Crippen molar-refractivity contribution in [3.63, 3.8) is 0 Å². The second-order valence-electron chi connectivity index (χ2n) is 5.91. The van der Waals surface area contributed by atoms with E-state index in [0.29, 0.717) is 12.0 Å². The summed E-state index contributed by atoms with van der Waals surface area (Å²) >= 11 is 0. The van der Waals surface area contributed by atoms with Gasteiger partial charge in [0.2, 0.25) is 0 Å². The number of aliphatic imine (C=N–C) groups is 1. The van der Waals surface area contributed by atoms with Crippen LogP contribution >= 0.6 is 0 Å². The molecule has 0 amide bonds. The summed E-state index contributed by atoms with van der Waals surface area (Å²) in [6.07, 6.45) is 15.5. The summed E-state index contributed by atoms with van der Waals surface area (Å²) < 4.78 is 5.74. The molecule has 1 rings (SSSR count). The first-order valence-electron chi connectivity index (χ1n) is 8.47. The molecule has 2 nitrogen and oxygen atoms in total. The van der Waals surface area contributed by atoms with E-state index in [2.05, 4.69) is 25.1 Å².